The molecule has 23 heavy (non-hydrogen) atoms. The minimum Gasteiger partial charge on any atom is -0.468 e. The Hall–Kier alpha value is -2.54. The van der Waals surface area contributed by atoms with E-state index in [1.165, 1.54) is 11.8 Å². The van der Waals surface area contributed by atoms with Gasteiger partial charge in [0.25, 0.3) is 5.89 Å². The van der Waals surface area contributed by atoms with Gasteiger partial charge < -0.3 is 13.7 Å². The highest BCUT2D eigenvalue weighted by Crippen LogP contribution is 2.27. The van der Waals surface area contributed by atoms with E-state index in [4.69, 9.17) is 13.7 Å². The average Bonchev–Trinajstić information content (AvgIpc) is 3.22. The Morgan fingerprint density at radius 3 is 2.87 bits per heavy atom. The smallest absolute Gasteiger partial charge is 0.339 e. The fourth-order valence-electron chi connectivity index (χ4n) is 1.91. The van der Waals surface area contributed by atoms with E-state index in [1.54, 1.807) is 25.3 Å². The van der Waals surface area contributed by atoms with Gasteiger partial charge in [-0.3, -0.25) is 0 Å². The number of aryl methyl sites for hydroxylation is 1. The van der Waals surface area contributed by atoms with Gasteiger partial charge in [-0.15, -0.1) is 11.8 Å². The average molecular weight is 330 g/mol. The first-order valence-electron chi connectivity index (χ1n) is 6.93. The van der Waals surface area contributed by atoms with Gasteiger partial charge in [-0.05, 0) is 31.2 Å². The molecule has 3 aromatic rings. The maximum absolute atomic E-state index is 12.3. The number of benzene rings is 1. The molecule has 2 heterocycles. The molecule has 3 rings (SSSR count). The van der Waals surface area contributed by atoms with E-state index < -0.39 is 5.97 Å². The fraction of sp³-hybridized carbons (Fsp3) is 0.188. The van der Waals surface area contributed by atoms with Crippen LogP contribution in [-0.4, -0.2) is 16.1 Å². The van der Waals surface area contributed by atoms with Crippen LogP contribution in [0.15, 0.2) is 56.5 Å². The molecule has 0 aliphatic rings. The number of esters is 1. The Morgan fingerprint density at radius 2 is 2.13 bits per heavy atom. The van der Waals surface area contributed by atoms with E-state index in [0.29, 0.717) is 17.1 Å². The first kappa shape index (κ1) is 15.4. The SMILES string of the molecule is Cc1noc(COC(=O)c2ccccc2SCc2ccco2)n1. The van der Waals surface area contributed by atoms with Gasteiger partial charge in [0.2, 0.25) is 0 Å². The number of ether oxygens (including phenoxy) is 1. The summed E-state index contributed by atoms with van der Waals surface area (Å²) in [5.74, 6) is 1.84. The highest BCUT2D eigenvalue weighted by atomic mass is 32.2. The summed E-state index contributed by atoms with van der Waals surface area (Å²) in [4.78, 5) is 17.1. The van der Waals surface area contributed by atoms with Crippen LogP contribution in [0.5, 0.6) is 0 Å². The fourth-order valence-corrected chi connectivity index (χ4v) is 2.85. The van der Waals surface area contributed by atoms with E-state index in [1.807, 2.05) is 24.3 Å². The van der Waals surface area contributed by atoms with Crippen molar-refractivity contribution in [1.29, 1.82) is 0 Å². The zero-order valence-corrected chi connectivity index (χ0v) is 13.2. The molecule has 0 spiro atoms. The van der Waals surface area contributed by atoms with Crippen molar-refractivity contribution < 1.29 is 18.5 Å². The molecule has 7 heteroatoms. The van der Waals surface area contributed by atoms with Crippen molar-refractivity contribution in [1.82, 2.24) is 10.1 Å². The number of furan rings is 1. The van der Waals surface area contributed by atoms with Crippen molar-refractivity contribution in [3.63, 3.8) is 0 Å². The molecule has 6 nitrogen and oxygen atoms in total. The molecular formula is C16H14N2O4S. The van der Waals surface area contributed by atoms with Gasteiger partial charge in [-0.1, -0.05) is 17.3 Å². The molecule has 0 aliphatic carbocycles. The molecular weight excluding hydrogens is 316 g/mol. The molecule has 0 saturated carbocycles. The number of nitrogens with zero attached hydrogens (tertiary/aromatic N) is 2. The minimum absolute atomic E-state index is 0.0448. The van der Waals surface area contributed by atoms with Gasteiger partial charge in [0.05, 0.1) is 17.6 Å². The Labute approximate surface area is 136 Å². The van der Waals surface area contributed by atoms with Crippen LogP contribution >= 0.6 is 11.8 Å². The van der Waals surface area contributed by atoms with Crippen LogP contribution in [0.3, 0.4) is 0 Å². The molecule has 0 aliphatic heterocycles. The van der Waals surface area contributed by atoms with E-state index in [0.717, 1.165) is 10.7 Å². The summed E-state index contributed by atoms with van der Waals surface area (Å²) < 4.78 is 15.5. The lowest BCUT2D eigenvalue weighted by Gasteiger charge is -2.07. The molecule has 0 bridgehead atoms. The summed E-state index contributed by atoms with van der Waals surface area (Å²) in [6.07, 6.45) is 1.63. The lowest BCUT2D eigenvalue weighted by atomic mass is 10.2. The number of hydrogen-bond acceptors (Lipinski definition) is 7. The lowest BCUT2D eigenvalue weighted by Crippen LogP contribution is -2.07. The number of carbonyl (C=O) groups is 1. The van der Waals surface area contributed by atoms with E-state index >= 15 is 0 Å². The van der Waals surface area contributed by atoms with Crippen molar-refractivity contribution >= 4 is 17.7 Å². The van der Waals surface area contributed by atoms with Gasteiger partial charge in [0.15, 0.2) is 12.4 Å². The first-order chi connectivity index (χ1) is 11.2. The van der Waals surface area contributed by atoms with Crippen LogP contribution < -0.4 is 0 Å². The van der Waals surface area contributed by atoms with Gasteiger partial charge in [0, 0.05) is 4.90 Å². The standard InChI is InChI=1S/C16H14N2O4S/c1-11-17-15(22-18-11)9-21-16(19)13-6-2-3-7-14(13)23-10-12-5-4-8-20-12/h2-8H,9-10H2,1H3. The van der Waals surface area contributed by atoms with Gasteiger partial charge in [0.1, 0.15) is 5.76 Å². The van der Waals surface area contributed by atoms with Crippen LogP contribution in [0.1, 0.15) is 27.8 Å². The molecule has 0 amide bonds. The summed E-state index contributed by atoms with van der Waals surface area (Å²) in [6.45, 7) is 1.66. The molecule has 0 fully saturated rings. The molecule has 0 saturated heterocycles. The van der Waals surface area contributed by atoms with Crippen molar-refractivity contribution in [3.05, 3.63) is 65.7 Å². The van der Waals surface area contributed by atoms with Crippen molar-refractivity contribution in [2.45, 2.75) is 24.2 Å². The maximum atomic E-state index is 12.3. The first-order valence-corrected chi connectivity index (χ1v) is 7.91. The number of carbonyl (C=O) groups excluding carboxylic acids is 1. The molecule has 0 atom stereocenters. The second-order valence-electron chi connectivity index (χ2n) is 4.68. The summed E-state index contributed by atoms with van der Waals surface area (Å²) in [5.41, 5.74) is 0.500. The van der Waals surface area contributed by atoms with Crippen LogP contribution in [0.4, 0.5) is 0 Å². The van der Waals surface area contributed by atoms with Crippen LogP contribution in [-0.2, 0) is 17.1 Å². The number of aromatic nitrogens is 2. The van der Waals surface area contributed by atoms with E-state index in [2.05, 4.69) is 10.1 Å². The third-order valence-electron chi connectivity index (χ3n) is 2.95. The molecule has 118 valence electrons. The Balaban J connectivity index is 1.65. The monoisotopic (exact) mass is 330 g/mol. The lowest BCUT2D eigenvalue weighted by molar-refractivity contribution is 0.0425. The second kappa shape index (κ2) is 7.15. The molecule has 0 radical (unpaired) electrons. The largest absolute Gasteiger partial charge is 0.468 e. The molecule has 0 unspecified atom stereocenters. The summed E-state index contributed by atoms with van der Waals surface area (Å²) in [5, 5.41) is 3.65. The van der Waals surface area contributed by atoms with Crippen LogP contribution in [0, 0.1) is 6.92 Å². The molecule has 1 aromatic carbocycles. The summed E-state index contributed by atoms with van der Waals surface area (Å²) in [7, 11) is 0. The second-order valence-corrected chi connectivity index (χ2v) is 5.69. The quantitative estimate of drug-likeness (QED) is 0.504. The van der Waals surface area contributed by atoms with Crippen molar-refractivity contribution in [2.75, 3.05) is 0 Å². The normalized spacial score (nSPS) is 10.7. The predicted molar refractivity (Wildman–Crippen MR) is 82.9 cm³/mol. The molecule has 0 N–H and O–H groups in total. The number of rotatable bonds is 6. The zero-order chi connectivity index (χ0) is 16.1. The van der Waals surface area contributed by atoms with Gasteiger partial charge >= 0.3 is 5.97 Å². The summed E-state index contributed by atoms with van der Waals surface area (Å²) in [6, 6.07) is 11.0. The highest BCUT2D eigenvalue weighted by Gasteiger charge is 2.15. The van der Waals surface area contributed by atoms with Crippen molar-refractivity contribution in [3.8, 4) is 0 Å². The van der Waals surface area contributed by atoms with Gasteiger partial charge in [-0.2, -0.15) is 4.98 Å². The van der Waals surface area contributed by atoms with Crippen LogP contribution in [0.2, 0.25) is 0 Å². The zero-order valence-electron chi connectivity index (χ0n) is 12.4. The van der Waals surface area contributed by atoms with Crippen molar-refractivity contribution in [2.24, 2.45) is 0 Å². The van der Waals surface area contributed by atoms with Crippen LogP contribution in [0.25, 0.3) is 0 Å². The third-order valence-corrected chi connectivity index (χ3v) is 4.05. The number of thioether (sulfide) groups is 1. The highest BCUT2D eigenvalue weighted by molar-refractivity contribution is 7.98. The molecule has 2 aromatic heterocycles. The van der Waals surface area contributed by atoms with E-state index in [9.17, 15) is 4.79 Å². The minimum atomic E-state index is -0.427. The maximum Gasteiger partial charge on any atom is 0.339 e. The Bertz CT molecular complexity index is 783. The topological polar surface area (TPSA) is 78.4 Å². The Kier molecular flexibility index (Phi) is 4.77. The Morgan fingerprint density at radius 1 is 1.26 bits per heavy atom. The summed E-state index contributed by atoms with van der Waals surface area (Å²) >= 11 is 1.51. The van der Waals surface area contributed by atoms with Gasteiger partial charge in [-0.25, -0.2) is 4.79 Å². The number of hydrogen-bond donors (Lipinski definition) is 0. The predicted octanol–water partition coefficient (Wildman–Crippen LogP) is 3.62. The van der Waals surface area contributed by atoms with E-state index in [-0.39, 0.29) is 12.5 Å². The third kappa shape index (κ3) is 4.01.